The molecule has 2 fully saturated rings. The monoisotopic (exact) mass is 246 g/mol. The number of imide groups is 1. The number of ether oxygens (including phenoxy) is 1. The summed E-state index contributed by atoms with van der Waals surface area (Å²) in [6, 6.07) is 0. The predicted octanol–water partition coefficient (Wildman–Crippen LogP) is -0.334. The average Bonchev–Trinajstić information content (AvgIpc) is 3.02. The summed E-state index contributed by atoms with van der Waals surface area (Å²) in [6.45, 7) is 0. The van der Waals surface area contributed by atoms with Gasteiger partial charge < -0.3 is 4.74 Å². The Morgan fingerprint density at radius 2 is 1.72 bits per heavy atom. The molecule has 2 amide bonds. The topological polar surface area (TPSA) is 76.0 Å². The van der Waals surface area contributed by atoms with Gasteiger partial charge in [0.05, 0.1) is 24.0 Å². The van der Waals surface area contributed by atoms with E-state index in [1.807, 2.05) is 12.2 Å². The molecule has 0 aromatic rings. The molecule has 92 valence electrons. The van der Waals surface area contributed by atoms with Crippen molar-refractivity contribution in [3.8, 4) is 0 Å². The van der Waals surface area contributed by atoms with E-state index in [9.17, 15) is 14.4 Å². The molecule has 0 aromatic heterocycles. The molecule has 3 aliphatic rings. The van der Waals surface area contributed by atoms with Crippen molar-refractivity contribution < 1.29 is 19.1 Å². The zero-order chi connectivity index (χ0) is 12.7. The van der Waals surface area contributed by atoms with Gasteiger partial charge in [-0.25, -0.2) is 0 Å². The van der Waals surface area contributed by atoms with Gasteiger partial charge in [-0.05, 0) is 12.2 Å². The molecule has 0 N–H and O–H groups in total. The van der Waals surface area contributed by atoms with Gasteiger partial charge in [-0.1, -0.05) is 12.2 Å². The maximum Gasteiger partial charge on any atom is 0.256 e. The molecular weight excluding hydrogens is 236 g/mol. The molecule has 0 unspecified atom stereocenters. The van der Waals surface area contributed by atoms with E-state index in [4.69, 9.17) is 4.74 Å². The van der Waals surface area contributed by atoms with E-state index >= 15 is 0 Å². The molecule has 0 saturated carbocycles. The number of fused-ring (bicyclic) bond motifs is 5. The number of aldehydes is 1. The van der Waals surface area contributed by atoms with Crippen molar-refractivity contribution >= 4 is 24.3 Å². The van der Waals surface area contributed by atoms with Crippen LogP contribution in [0.4, 0.5) is 0 Å². The minimum absolute atomic E-state index is 0.304. The van der Waals surface area contributed by atoms with Crippen molar-refractivity contribution in [2.45, 2.75) is 12.2 Å². The molecule has 2 bridgehead atoms. The third kappa shape index (κ3) is 1.39. The normalized spacial score (nSPS) is 37.4. The van der Waals surface area contributed by atoms with Gasteiger partial charge in [-0.15, -0.1) is 0 Å². The summed E-state index contributed by atoms with van der Waals surface area (Å²) in [6.07, 6.45) is 7.46. The van der Waals surface area contributed by atoms with E-state index < -0.39 is 11.8 Å². The lowest BCUT2D eigenvalue weighted by molar-refractivity contribution is -0.142. The third-order valence-electron chi connectivity index (χ3n) is 3.35. The number of hydrogen-bond donors (Lipinski definition) is 0. The highest BCUT2D eigenvalue weighted by molar-refractivity contribution is 6.07. The van der Waals surface area contributed by atoms with Crippen molar-refractivity contribution in [2.75, 3.05) is 0 Å². The first-order chi connectivity index (χ1) is 8.74. The van der Waals surface area contributed by atoms with E-state index in [1.54, 1.807) is 0 Å². The van der Waals surface area contributed by atoms with E-state index in [0.29, 0.717) is 6.29 Å². The van der Waals surface area contributed by atoms with Gasteiger partial charge in [0.15, 0.2) is 0 Å². The van der Waals surface area contributed by atoms with Gasteiger partial charge in [0.2, 0.25) is 0 Å². The summed E-state index contributed by atoms with van der Waals surface area (Å²) in [5, 5.41) is 4.66. The van der Waals surface area contributed by atoms with Crippen LogP contribution >= 0.6 is 0 Å². The average molecular weight is 246 g/mol. The highest BCUT2D eigenvalue weighted by atomic mass is 16.5. The van der Waals surface area contributed by atoms with Crippen LogP contribution in [0.25, 0.3) is 0 Å². The Morgan fingerprint density at radius 1 is 1.11 bits per heavy atom. The number of nitrogens with zero attached hydrogens (tertiary/aromatic N) is 2. The van der Waals surface area contributed by atoms with Crippen molar-refractivity contribution in [3.05, 3.63) is 24.3 Å². The van der Waals surface area contributed by atoms with Gasteiger partial charge in [0.1, 0.15) is 6.29 Å². The molecule has 6 heteroatoms. The lowest BCUT2D eigenvalue weighted by atomic mass is 9.85. The zero-order valence-electron chi connectivity index (χ0n) is 9.30. The predicted molar refractivity (Wildman–Crippen MR) is 60.3 cm³/mol. The first-order valence-corrected chi connectivity index (χ1v) is 5.60. The Bertz CT molecular complexity index is 478. The van der Waals surface area contributed by atoms with Gasteiger partial charge in [0.25, 0.3) is 11.8 Å². The maximum absolute atomic E-state index is 12.0. The van der Waals surface area contributed by atoms with Crippen molar-refractivity contribution in [1.82, 2.24) is 5.01 Å². The van der Waals surface area contributed by atoms with E-state index in [-0.39, 0.29) is 24.0 Å². The SMILES string of the molecule is O=C/C=C\C=N\N1C(=O)[C@@H]2[C@H](C1=O)[C@H]1C=C[C@@H]2O1. The molecule has 3 rings (SSSR count). The molecule has 0 radical (unpaired) electrons. The number of allylic oxidation sites excluding steroid dienone is 2. The smallest absolute Gasteiger partial charge is 0.256 e. The number of rotatable bonds is 3. The maximum atomic E-state index is 12.0. The molecule has 3 heterocycles. The van der Waals surface area contributed by atoms with Crippen molar-refractivity contribution in [2.24, 2.45) is 16.9 Å². The quantitative estimate of drug-likeness (QED) is 0.224. The second kappa shape index (κ2) is 3.99. The molecule has 18 heavy (non-hydrogen) atoms. The zero-order valence-corrected chi connectivity index (χ0v) is 9.30. The minimum Gasteiger partial charge on any atom is -0.365 e. The fraction of sp³-hybridized carbons (Fsp3) is 0.333. The summed E-state index contributed by atoms with van der Waals surface area (Å²) in [7, 11) is 0. The van der Waals surface area contributed by atoms with E-state index in [2.05, 4.69) is 5.10 Å². The summed E-state index contributed by atoms with van der Waals surface area (Å²) in [5.41, 5.74) is 0. The van der Waals surface area contributed by atoms with Crippen LogP contribution < -0.4 is 0 Å². The summed E-state index contributed by atoms with van der Waals surface area (Å²) in [5.74, 6) is -1.56. The minimum atomic E-state index is -0.445. The fourth-order valence-electron chi connectivity index (χ4n) is 2.60. The van der Waals surface area contributed by atoms with Crippen LogP contribution in [0.5, 0.6) is 0 Å². The number of carbonyl (C=O) groups excluding carboxylic acids is 3. The first kappa shape index (κ1) is 11.0. The van der Waals surface area contributed by atoms with Gasteiger partial charge in [-0.2, -0.15) is 10.1 Å². The molecule has 4 atom stereocenters. The van der Waals surface area contributed by atoms with E-state index in [0.717, 1.165) is 5.01 Å². The second-order valence-corrected chi connectivity index (χ2v) is 4.28. The number of hydrogen-bond acceptors (Lipinski definition) is 5. The molecule has 6 nitrogen and oxygen atoms in total. The van der Waals surface area contributed by atoms with Gasteiger partial charge in [0, 0.05) is 6.21 Å². The fourth-order valence-corrected chi connectivity index (χ4v) is 2.60. The van der Waals surface area contributed by atoms with E-state index in [1.165, 1.54) is 18.4 Å². The van der Waals surface area contributed by atoms with Gasteiger partial charge in [-0.3, -0.25) is 14.4 Å². The number of hydrazone groups is 1. The van der Waals surface area contributed by atoms with Crippen LogP contribution in [0.1, 0.15) is 0 Å². The summed E-state index contributed by atoms with van der Waals surface area (Å²) < 4.78 is 5.48. The van der Waals surface area contributed by atoms with Crippen LogP contribution in [0.15, 0.2) is 29.4 Å². The largest absolute Gasteiger partial charge is 0.365 e. The molecule has 0 aliphatic carbocycles. The van der Waals surface area contributed by atoms with Crippen molar-refractivity contribution in [3.63, 3.8) is 0 Å². The Morgan fingerprint density at radius 3 is 2.28 bits per heavy atom. The Balaban J connectivity index is 1.82. The molecule has 0 aromatic carbocycles. The highest BCUT2D eigenvalue weighted by Gasteiger charge is 2.61. The van der Waals surface area contributed by atoms with Crippen LogP contribution in [-0.2, 0) is 19.1 Å². The molecular formula is C12H10N2O4. The van der Waals surface area contributed by atoms with Crippen LogP contribution in [-0.4, -0.2) is 41.5 Å². The highest BCUT2D eigenvalue weighted by Crippen LogP contribution is 2.44. The Labute approximate surface area is 103 Å². The molecule has 2 saturated heterocycles. The van der Waals surface area contributed by atoms with Crippen LogP contribution in [0, 0.1) is 11.8 Å². The summed E-state index contributed by atoms with van der Waals surface area (Å²) >= 11 is 0. The third-order valence-corrected chi connectivity index (χ3v) is 3.35. The summed E-state index contributed by atoms with van der Waals surface area (Å²) in [4.78, 5) is 34.1. The standard InChI is InChI=1S/C12H10N2O4/c15-6-2-1-5-13-14-11(16)9-7-3-4-8(18-7)10(9)12(14)17/h1-10H/b2-1-,13-5+/t7-,8+,9-,10+. The van der Waals surface area contributed by atoms with Crippen LogP contribution in [0.3, 0.4) is 0 Å². The Kier molecular flexibility index (Phi) is 2.45. The lowest BCUT2D eigenvalue weighted by Crippen LogP contribution is -2.29. The van der Waals surface area contributed by atoms with Gasteiger partial charge >= 0.3 is 0 Å². The molecule has 3 aliphatic heterocycles. The number of amides is 2. The van der Waals surface area contributed by atoms with Crippen LogP contribution in [0.2, 0.25) is 0 Å². The van der Waals surface area contributed by atoms with Crippen molar-refractivity contribution in [1.29, 1.82) is 0 Å². The second-order valence-electron chi connectivity index (χ2n) is 4.28. The Hall–Kier alpha value is -2.08. The molecule has 0 spiro atoms. The first-order valence-electron chi connectivity index (χ1n) is 5.60. The lowest BCUT2D eigenvalue weighted by Gasteiger charge is -2.11. The number of carbonyl (C=O) groups is 3.